The second-order valence-electron chi connectivity index (χ2n) is 5.46. The quantitative estimate of drug-likeness (QED) is 0.903. The SMILES string of the molecule is Cc1cc(Cl)ccc1S(=O)(=O)N1C[C@H]2C[C@@H](O)[C@H]2C1. The molecule has 1 saturated heterocycles. The van der Waals surface area contributed by atoms with Crippen LogP contribution in [0.3, 0.4) is 0 Å². The Kier molecular flexibility index (Phi) is 3.13. The zero-order valence-electron chi connectivity index (χ0n) is 10.6. The number of aliphatic hydroxyl groups is 1. The van der Waals surface area contributed by atoms with E-state index < -0.39 is 10.0 Å². The van der Waals surface area contributed by atoms with Crippen molar-refractivity contribution in [3.05, 3.63) is 28.8 Å². The standard InChI is InChI=1S/C13H16ClNO3S/c1-8-4-10(14)2-3-13(8)19(17,18)15-6-9-5-12(16)11(9)7-15/h2-4,9,11-12,16H,5-7H2,1H3/t9-,11+,12-/m1/s1. The van der Waals surface area contributed by atoms with Crippen LogP contribution in [0.4, 0.5) is 0 Å². The molecule has 1 aliphatic carbocycles. The van der Waals surface area contributed by atoms with E-state index in [9.17, 15) is 13.5 Å². The number of aliphatic hydroxyl groups excluding tert-OH is 1. The summed E-state index contributed by atoms with van der Waals surface area (Å²) in [5, 5.41) is 10.2. The molecule has 1 heterocycles. The molecule has 0 aromatic heterocycles. The molecule has 1 aromatic rings. The van der Waals surface area contributed by atoms with Crippen LogP contribution in [0.25, 0.3) is 0 Å². The molecule has 3 rings (SSSR count). The molecule has 2 fully saturated rings. The molecule has 4 nitrogen and oxygen atoms in total. The lowest BCUT2D eigenvalue weighted by Crippen LogP contribution is -2.39. The monoisotopic (exact) mass is 301 g/mol. The van der Waals surface area contributed by atoms with E-state index in [2.05, 4.69) is 0 Å². The predicted octanol–water partition coefficient (Wildman–Crippen LogP) is 1.65. The Bertz CT molecular complexity index is 616. The Morgan fingerprint density at radius 1 is 1.37 bits per heavy atom. The average Bonchev–Trinajstić information content (AvgIpc) is 2.66. The molecule has 0 spiro atoms. The third kappa shape index (κ3) is 2.09. The van der Waals surface area contributed by atoms with Gasteiger partial charge < -0.3 is 5.11 Å². The first-order valence-corrected chi connectivity index (χ1v) is 8.16. The van der Waals surface area contributed by atoms with Crippen LogP contribution >= 0.6 is 11.6 Å². The fraction of sp³-hybridized carbons (Fsp3) is 0.538. The van der Waals surface area contributed by atoms with E-state index in [1.54, 1.807) is 25.1 Å². The summed E-state index contributed by atoms with van der Waals surface area (Å²) in [5.41, 5.74) is 0.660. The fourth-order valence-electron chi connectivity index (χ4n) is 3.07. The van der Waals surface area contributed by atoms with Crippen LogP contribution in [0.15, 0.2) is 23.1 Å². The summed E-state index contributed by atoms with van der Waals surface area (Å²) >= 11 is 5.86. The highest BCUT2D eigenvalue weighted by atomic mass is 35.5. The highest BCUT2D eigenvalue weighted by molar-refractivity contribution is 7.89. The molecule has 1 aromatic carbocycles. The van der Waals surface area contributed by atoms with Gasteiger partial charge in [-0.3, -0.25) is 0 Å². The van der Waals surface area contributed by atoms with Crippen LogP contribution in [-0.4, -0.2) is 37.0 Å². The molecule has 3 atom stereocenters. The summed E-state index contributed by atoms with van der Waals surface area (Å²) in [6, 6.07) is 4.82. The fourth-order valence-corrected chi connectivity index (χ4v) is 5.03. The van der Waals surface area contributed by atoms with Crippen LogP contribution in [0, 0.1) is 18.8 Å². The van der Waals surface area contributed by atoms with Crippen LogP contribution in [0.2, 0.25) is 5.02 Å². The number of fused-ring (bicyclic) bond motifs is 1. The van der Waals surface area contributed by atoms with E-state index >= 15 is 0 Å². The molecule has 0 amide bonds. The molecule has 0 radical (unpaired) electrons. The van der Waals surface area contributed by atoms with Crippen molar-refractivity contribution in [1.82, 2.24) is 4.31 Å². The Labute approximate surface area is 118 Å². The van der Waals surface area contributed by atoms with Crippen molar-refractivity contribution in [2.24, 2.45) is 11.8 Å². The van der Waals surface area contributed by atoms with E-state index in [0.717, 1.165) is 6.42 Å². The summed E-state index contributed by atoms with van der Waals surface area (Å²) in [6.07, 6.45) is 0.382. The van der Waals surface area contributed by atoms with Gasteiger partial charge in [0, 0.05) is 24.0 Å². The minimum absolute atomic E-state index is 0.113. The number of hydrogen-bond donors (Lipinski definition) is 1. The van der Waals surface area contributed by atoms with Crippen molar-refractivity contribution in [3.8, 4) is 0 Å². The van der Waals surface area contributed by atoms with Crippen molar-refractivity contribution >= 4 is 21.6 Å². The summed E-state index contributed by atoms with van der Waals surface area (Å²) in [6.45, 7) is 2.70. The van der Waals surface area contributed by atoms with Crippen molar-refractivity contribution in [2.45, 2.75) is 24.3 Å². The topological polar surface area (TPSA) is 57.6 Å². The molecule has 0 unspecified atom stereocenters. The highest BCUT2D eigenvalue weighted by Gasteiger charge is 2.49. The third-order valence-electron chi connectivity index (χ3n) is 4.25. The van der Waals surface area contributed by atoms with E-state index in [-0.39, 0.29) is 12.0 Å². The van der Waals surface area contributed by atoms with Crippen molar-refractivity contribution in [3.63, 3.8) is 0 Å². The lowest BCUT2D eigenvalue weighted by Gasteiger charge is -2.34. The maximum absolute atomic E-state index is 12.6. The lowest BCUT2D eigenvalue weighted by molar-refractivity contribution is -0.00416. The minimum atomic E-state index is -3.47. The normalized spacial score (nSPS) is 31.0. The smallest absolute Gasteiger partial charge is 0.243 e. The van der Waals surface area contributed by atoms with Crippen molar-refractivity contribution in [1.29, 1.82) is 0 Å². The Balaban J connectivity index is 1.91. The van der Waals surface area contributed by atoms with Crippen LogP contribution in [0.1, 0.15) is 12.0 Å². The summed E-state index contributed by atoms with van der Waals surface area (Å²) < 4.78 is 26.7. The number of nitrogens with zero attached hydrogens (tertiary/aromatic N) is 1. The van der Waals surface area contributed by atoms with Gasteiger partial charge in [-0.15, -0.1) is 0 Å². The molecule has 6 heteroatoms. The first-order chi connectivity index (χ1) is 8.89. The number of sulfonamides is 1. The van der Waals surface area contributed by atoms with Crippen LogP contribution in [0.5, 0.6) is 0 Å². The van der Waals surface area contributed by atoms with Gasteiger partial charge in [-0.05, 0) is 43.0 Å². The second kappa shape index (κ2) is 4.45. The van der Waals surface area contributed by atoms with Gasteiger partial charge in [0.25, 0.3) is 0 Å². The van der Waals surface area contributed by atoms with E-state index in [4.69, 9.17) is 11.6 Å². The van der Waals surface area contributed by atoms with Gasteiger partial charge >= 0.3 is 0 Å². The number of aryl methyl sites for hydroxylation is 1. The molecule has 1 saturated carbocycles. The number of rotatable bonds is 2. The third-order valence-corrected chi connectivity index (χ3v) is 6.48. The van der Waals surface area contributed by atoms with Gasteiger partial charge in [-0.1, -0.05) is 11.6 Å². The molecular weight excluding hydrogens is 286 g/mol. The number of hydrogen-bond acceptors (Lipinski definition) is 3. The maximum Gasteiger partial charge on any atom is 0.243 e. The number of benzene rings is 1. The first kappa shape index (κ1) is 13.4. The van der Waals surface area contributed by atoms with Gasteiger partial charge in [0.2, 0.25) is 10.0 Å². The molecular formula is C13H16ClNO3S. The maximum atomic E-state index is 12.6. The van der Waals surface area contributed by atoms with Gasteiger partial charge in [0.1, 0.15) is 0 Å². The van der Waals surface area contributed by atoms with Crippen LogP contribution < -0.4 is 0 Å². The molecule has 1 aliphatic heterocycles. The van der Waals surface area contributed by atoms with Gasteiger partial charge in [0.15, 0.2) is 0 Å². The Morgan fingerprint density at radius 2 is 2.11 bits per heavy atom. The molecule has 2 aliphatic rings. The van der Waals surface area contributed by atoms with E-state index in [0.29, 0.717) is 34.5 Å². The van der Waals surface area contributed by atoms with Crippen molar-refractivity contribution in [2.75, 3.05) is 13.1 Å². The molecule has 104 valence electrons. The molecule has 19 heavy (non-hydrogen) atoms. The van der Waals surface area contributed by atoms with Crippen LogP contribution in [-0.2, 0) is 10.0 Å². The Hall–Kier alpha value is -0.620. The van der Waals surface area contributed by atoms with Crippen molar-refractivity contribution < 1.29 is 13.5 Å². The lowest BCUT2D eigenvalue weighted by atomic mass is 9.74. The molecule has 0 bridgehead atoms. The molecule has 1 N–H and O–H groups in total. The summed E-state index contributed by atoms with van der Waals surface area (Å²) in [7, 11) is -3.47. The van der Waals surface area contributed by atoms with E-state index in [1.807, 2.05) is 0 Å². The first-order valence-electron chi connectivity index (χ1n) is 6.34. The van der Waals surface area contributed by atoms with Gasteiger partial charge in [-0.25, -0.2) is 8.42 Å². The van der Waals surface area contributed by atoms with E-state index in [1.165, 1.54) is 4.31 Å². The minimum Gasteiger partial charge on any atom is -0.393 e. The second-order valence-corrected chi connectivity index (χ2v) is 7.80. The number of halogens is 1. The highest BCUT2D eigenvalue weighted by Crippen LogP contribution is 2.42. The average molecular weight is 302 g/mol. The zero-order valence-corrected chi connectivity index (χ0v) is 12.2. The largest absolute Gasteiger partial charge is 0.393 e. The van der Waals surface area contributed by atoms with Gasteiger partial charge in [-0.2, -0.15) is 4.31 Å². The predicted molar refractivity (Wildman–Crippen MR) is 72.6 cm³/mol. The summed E-state index contributed by atoms with van der Waals surface area (Å²) in [5.74, 6) is 0.430. The Morgan fingerprint density at radius 3 is 2.68 bits per heavy atom. The zero-order chi connectivity index (χ0) is 13.8. The summed E-state index contributed by atoms with van der Waals surface area (Å²) in [4.78, 5) is 0.313. The van der Waals surface area contributed by atoms with Gasteiger partial charge in [0.05, 0.1) is 11.0 Å².